The molecule has 112 valence electrons. The number of carbonyl (C=O) groups excluding carboxylic acids is 1. The maximum Gasteiger partial charge on any atom is 0.221 e. The van der Waals surface area contributed by atoms with Crippen LogP contribution in [0.15, 0.2) is 0 Å². The van der Waals surface area contributed by atoms with Gasteiger partial charge in [-0.3, -0.25) is 4.79 Å². The highest BCUT2D eigenvalue weighted by Gasteiger charge is 2.23. The molecule has 3 heteroatoms. The molecule has 1 aliphatic rings. The van der Waals surface area contributed by atoms with E-state index in [4.69, 9.17) is 0 Å². The summed E-state index contributed by atoms with van der Waals surface area (Å²) in [5.74, 6) is 1.83. The molecule has 0 aromatic rings. The fourth-order valence-corrected chi connectivity index (χ4v) is 2.86. The molecule has 0 heterocycles. The van der Waals surface area contributed by atoms with Crippen molar-refractivity contribution < 1.29 is 4.79 Å². The SMILES string of the molecule is CCC(C)NC(=O)CCNC1CCCC(C(C)C)C1. The van der Waals surface area contributed by atoms with Crippen LogP contribution in [0.2, 0.25) is 0 Å². The molecule has 0 spiro atoms. The van der Waals surface area contributed by atoms with Crippen LogP contribution in [-0.2, 0) is 4.79 Å². The molecular formula is C16H32N2O. The van der Waals surface area contributed by atoms with Crippen molar-refractivity contribution in [2.45, 2.75) is 78.3 Å². The van der Waals surface area contributed by atoms with Gasteiger partial charge in [-0.2, -0.15) is 0 Å². The molecule has 0 radical (unpaired) electrons. The van der Waals surface area contributed by atoms with E-state index in [0.717, 1.165) is 24.8 Å². The van der Waals surface area contributed by atoms with E-state index in [2.05, 4.69) is 38.3 Å². The smallest absolute Gasteiger partial charge is 0.221 e. The Morgan fingerprint density at radius 1 is 1.26 bits per heavy atom. The van der Waals surface area contributed by atoms with Crippen LogP contribution < -0.4 is 10.6 Å². The minimum absolute atomic E-state index is 0.179. The van der Waals surface area contributed by atoms with Crippen molar-refractivity contribution in [1.29, 1.82) is 0 Å². The zero-order valence-electron chi connectivity index (χ0n) is 13.2. The summed E-state index contributed by atoms with van der Waals surface area (Å²) in [6, 6.07) is 0.921. The van der Waals surface area contributed by atoms with Gasteiger partial charge in [0.1, 0.15) is 0 Å². The minimum atomic E-state index is 0.179. The van der Waals surface area contributed by atoms with Crippen molar-refractivity contribution in [3.05, 3.63) is 0 Å². The molecular weight excluding hydrogens is 236 g/mol. The lowest BCUT2D eigenvalue weighted by molar-refractivity contribution is -0.121. The van der Waals surface area contributed by atoms with Crippen LogP contribution in [0, 0.1) is 11.8 Å². The van der Waals surface area contributed by atoms with Crippen LogP contribution in [0.5, 0.6) is 0 Å². The van der Waals surface area contributed by atoms with Crippen molar-refractivity contribution in [3.63, 3.8) is 0 Å². The van der Waals surface area contributed by atoms with Gasteiger partial charge in [-0.1, -0.05) is 33.6 Å². The van der Waals surface area contributed by atoms with E-state index in [1.807, 2.05) is 0 Å². The van der Waals surface area contributed by atoms with Gasteiger partial charge in [0.2, 0.25) is 5.91 Å². The summed E-state index contributed by atoms with van der Waals surface area (Å²) in [6.45, 7) is 9.62. The predicted octanol–water partition coefficient (Wildman–Crippen LogP) is 3.10. The Hall–Kier alpha value is -0.570. The number of carbonyl (C=O) groups is 1. The van der Waals surface area contributed by atoms with E-state index in [1.54, 1.807) is 0 Å². The molecule has 1 aliphatic carbocycles. The lowest BCUT2D eigenvalue weighted by atomic mass is 9.79. The first kappa shape index (κ1) is 16.5. The molecule has 1 fully saturated rings. The van der Waals surface area contributed by atoms with E-state index in [0.29, 0.717) is 18.5 Å². The average Bonchev–Trinajstić information content (AvgIpc) is 2.38. The summed E-state index contributed by atoms with van der Waals surface area (Å²) >= 11 is 0. The number of nitrogens with one attached hydrogen (secondary N) is 2. The molecule has 3 atom stereocenters. The zero-order chi connectivity index (χ0) is 14.3. The monoisotopic (exact) mass is 268 g/mol. The van der Waals surface area contributed by atoms with E-state index in [1.165, 1.54) is 25.7 Å². The van der Waals surface area contributed by atoms with E-state index < -0.39 is 0 Å². The molecule has 0 aromatic carbocycles. The standard InChI is InChI=1S/C16H32N2O/c1-5-13(4)18-16(19)9-10-17-15-8-6-7-14(11-15)12(2)3/h12-15,17H,5-11H2,1-4H3,(H,18,19). The van der Waals surface area contributed by atoms with Gasteiger partial charge in [-0.25, -0.2) is 0 Å². The fourth-order valence-electron chi connectivity index (χ4n) is 2.86. The summed E-state index contributed by atoms with van der Waals surface area (Å²) in [7, 11) is 0. The lowest BCUT2D eigenvalue weighted by Gasteiger charge is -2.32. The lowest BCUT2D eigenvalue weighted by Crippen LogP contribution is -2.39. The van der Waals surface area contributed by atoms with E-state index >= 15 is 0 Å². The van der Waals surface area contributed by atoms with Gasteiger partial charge in [-0.15, -0.1) is 0 Å². The molecule has 2 N–H and O–H groups in total. The average molecular weight is 268 g/mol. The van der Waals surface area contributed by atoms with E-state index in [-0.39, 0.29) is 5.91 Å². The second-order valence-corrected chi connectivity index (χ2v) is 6.45. The molecule has 1 rings (SSSR count). The second-order valence-electron chi connectivity index (χ2n) is 6.45. The summed E-state index contributed by atoms with van der Waals surface area (Å²) in [5, 5.41) is 6.58. The Morgan fingerprint density at radius 2 is 2.00 bits per heavy atom. The fraction of sp³-hybridized carbons (Fsp3) is 0.938. The van der Waals surface area contributed by atoms with Gasteiger partial charge < -0.3 is 10.6 Å². The Balaban J connectivity index is 2.16. The molecule has 0 aliphatic heterocycles. The van der Waals surface area contributed by atoms with Crippen molar-refractivity contribution >= 4 is 5.91 Å². The van der Waals surface area contributed by atoms with Crippen LogP contribution in [-0.4, -0.2) is 24.5 Å². The summed E-state index contributed by atoms with van der Waals surface area (Å²) in [6.07, 6.45) is 6.87. The van der Waals surface area contributed by atoms with Gasteiger partial charge >= 0.3 is 0 Å². The molecule has 3 nitrogen and oxygen atoms in total. The van der Waals surface area contributed by atoms with Crippen LogP contribution in [0.25, 0.3) is 0 Å². The normalized spacial score (nSPS) is 25.3. The molecule has 0 saturated heterocycles. The van der Waals surface area contributed by atoms with Crippen molar-refractivity contribution in [2.75, 3.05) is 6.54 Å². The predicted molar refractivity (Wildman–Crippen MR) is 81.1 cm³/mol. The number of rotatable bonds is 7. The quantitative estimate of drug-likeness (QED) is 0.745. The van der Waals surface area contributed by atoms with Crippen molar-refractivity contribution in [2.24, 2.45) is 11.8 Å². The topological polar surface area (TPSA) is 41.1 Å². The summed E-state index contributed by atoms with van der Waals surface area (Å²) in [4.78, 5) is 11.7. The minimum Gasteiger partial charge on any atom is -0.354 e. The molecule has 1 saturated carbocycles. The first-order valence-electron chi connectivity index (χ1n) is 8.05. The van der Waals surface area contributed by atoms with Crippen molar-refractivity contribution in [3.8, 4) is 0 Å². The molecule has 0 bridgehead atoms. The summed E-state index contributed by atoms with van der Waals surface area (Å²) in [5.41, 5.74) is 0. The highest BCUT2D eigenvalue weighted by molar-refractivity contribution is 5.76. The Kier molecular flexibility index (Phi) is 7.44. The third-order valence-electron chi connectivity index (χ3n) is 4.46. The van der Waals surface area contributed by atoms with Crippen LogP contribution in [0.3, 0.4) is 0 Å². The number of hydrogen-bond donors (Lipinski definition) is 2. The molecule has 0 aromatic heterocycles. The first-order chi connectivity index (χ1) is 9.02. The Morgan fingerprint density at radius 3 is 2.63 bits per heavy atom. The second kappa shape index (κ2) is 8.57. The number of hydrogen-bond acceptors (Lipinski definition) is 2. The highest BCUT2D eigenvalue weighted by Crippen LogP contribution is 2.29. The molecule has 19 heavy (non-hydrogen) atoms. The van der Waals surface area contributed by atoms with Gasteiger partial charge in [0.25, 0.3) is 0 Å². The van der Waals surface area contributed by atoms with Gasteiger partial charge in [0.15, 0.2) is 0 Å². The van der Waals surface area contributed by atoms with Crippen LogP contribution >= 0.6 is 0 Å². The largest absolute Gasteiger partial charge is 0.354 e. The van der Waals surface area contributed by atoms with Crippen molar-refractivity contribution in [1.82, 2.24) is 10.6 Å². The Labute approximate surface area is 118 Å². The van der Waals surface area contributed by atoms with Crippen LogP contribution in [0.4, 0.5) is 0 Å². The maximum absolute atomic E-state index is 11.7. The van der Waals surface area contributed by atoms with E-state index in [9.17, 15) is 4.79 Å². The molecule has 3 unspecified atom stereocenters. The maximum atomic E-state index is 11.7. The highest BCUT2D eigenvalue weighted by atomic mass is 16.1. The Bertz CT molecular complexity index is 265. The molecule has 1 amide bonds. The third kappa shape index (κ3) is 6.42. The number of amides is 1. The zero-order valence-corrected chi connectivity index (χ0v) is 13.2. The van der Waals surface area contributed by atoms with Gasteiger partial charge in [0.05, 0.1) is 0 Å². The third-order valence-corrected chi connectivity index (χ3v) is 4.46. The van der Waals surface area contributed by atoms with Gasteiger partial charge in [-0.05, 0) is 38.0 Å². The first-order valence-corrected chi connectivity index (χ1v) is 8.05. The summed E-state index contributed by atoms with van der Waals surface area (Å²) < 4.78 is 0. The van der Waals surface area contributed by atoms with Gasteiger partial charge in [0, 0.05) is 25.0 Å². The van der Waals surface area contributed by atoms with Crippen LogP contribution in [0.1, 0.15) is 66.2 Å².